The Morgan fingerprint density at radius 3 is 2.19 bits per heavy atom. The van der Waals surface area contributed by atoms with Gasteiger partial charge in [-0.3, -0.25) is 19.9 Å². The first-order chi connectivity index (χ1) is 28.4. The average Bonchev–Trinajstić information content (AvgIpc) is 4.09. The number of aromatic nitrogens is 5. The van der Waals surface area contributed by atoms with Crippen LogP contribution < -0.4 is 11.1 Å². The Morgan fingerprint density at radius 2 is 1.53 bits per heavy atom. The van der Waals surface area contributed by atoms with E-state index in [0.29, 0.717) is 61.1 Å². The van der Waals surface area contributed by atoms with Crippen molar-refractivity contribution in [1.82, 2.24) is 40.0 Å². The van der Waals surface area contributed by atoms with Gasteiger partial charge in [0, 0.05) is 68.6 Å². The van der Waals surface area contributed by atoms with Crippen LogP contribution in [0.3, 0.4) is 0 Å². The van der Waals surface area contributed by atoms with Gasteiger partial charge in [0.05, 0.1) is 53.6 Å². The van der Waals surface area contributed by atoms with Gasteiger partial charge in [-0.1, -0.05) is 32.0 Å². The number of carbonyl (C=O) groups is 2. The SMILES string of the molecule is COC(C)(O)N[C@H](C(=O)N1CCC[C@H]1c1ncc(-c2ccc(-c3cc4ccc(-c5cnc([C@@H]6CCCN6C(=O)[C@@H](N)C6CCOCC6)[nH]5)cc4cn3)cc2F)[nH]1)C(C)C. The fraction of sp³-hybridized carbons (Fsp3) is 0.477. The number of aromatic amines is 2. The lowest BCUT2D eigenvalue weighted by molar-refractivity contribution is -0.203. The zero-order chi connectivity index (χ0) is 41.4. The maximum atomic E-state index is 15.8. The van der Waals surface area contributed by atoms with E-state index in [2.05, 4.69) is 20.3 Å². The zero-order valence-corrected chi connectivity index (χ0v) is 34.1. The number of fused-ring (bicyclic) bond motifs is 1. The molecule has 0 bridgehead atoms. The summed E-state index contributed by atoms with van der Waals surface area (Å²) in [5, 5.41) is 15.3. The van der Waals surface area contributed by atoms with E-state index in [1.165, 1.54) is 20.1 Å². The number of carbonyl (C=O) groups excluding carboxylic acids is 2. The number of H-pyrrole nitrogens is 2. The molecule has 3 fully saturated rings. The molecule has 3 saturated heterocycles. The fourth-order valence-electron chi connectivity index (χ4n) is 8.79. The number of methoxy groups -OCH3 is 1. The van der Waals surface area contributed by atoms with Gasteiger partial charge >= 0.3 is 0 Å². The molecule has 2 aromatic carbocycles. The number of halogens is 1. The first-order valence-corrected chi connectivity index (χ1v) is 20.7. The van der Waals surface area contributed by atoms with Crippen molar-refractivity contribution in [1.29, 1.82) is 0 Å². The number of amides is 2. The van der Waals surface area contributed by atoms with Gasteiger partial charge in [-0.05, 0) is 80.0 Å². The molecule has 0 saturated carbocycles. The third-order valence-electron chi connectivity index (χ3n) is 12.3. The van der Waals surface area contributed by atoms with Crippen LogP contribution in [0.15, 0.2) is 61.1 Å². The molecule has 6 heterocycles. The number of hydrogen-bond donors (Lipinski definition) is 5. The normalized spacial score (nSPS) is 21.0. The molecule has 2 amide bonds. The Morgan fingerprint density at radius 1 is 0.881 bits per heavy atom. The minimum absolute atomic E-state index is 0.0134. The van der Waals surface area contributed by atoms with Crippen LogP contribution in [0.4, 0.5) is 4.39 Å². The number of nitrogens with two attached hydrogens (primary N) is 1. The molecule has 312 valence electrons. The van der Waals surface area contributed by atoms with E-state index in [1.54, 1.807) is 23.4 Å². The number of nitrogens with zero attached hydrogens (tertiary/aromatic N) is 5. The Balaban J connectivity index is 0.949. The molecule has 3 aromatic heterocycles. The smallest absolute Gasteiger partial charge is 0.240 e. The number of benzene rings is 2. The molecule has 5 atom stereocenters. The van der Waals surface area contributed by atoms with Gasteiger partial charge in [-0.25, -0.2) is 14.4 Å². The monoisotopic (exact) mass is 807 g/mol. The van der Waals surface area contributed by atoms with Crippen molar-refractivity contribution in [3.05, 3.63) is 78.5 Å². The molecule has 0 radical (unpaired) electrons. The molecule has 0 aliphatic carbocycles. The van der Waals surface area contributed by atoms with Crippen LogP contribution in [0.1, 0.15) is 83.0 Å². The molecule has 8 rings (SSSR count). The van der Waals surface area contributed by atoms with Gasteiger partial charge in [0.15, 0.2) is 0 Å². The molecule has 0 spiro atoms. The lowest BCUT2D eigenvalue weighted by atomic mass is 9.91. The van der Waals surface area contributed by atoms with Crippen molar-refractivity contribution in [3.63, 3.8) is 0 Å². The van der Waals surface area contributed by atoms with Gasteiger partial charge in [0.1, 0.15) is 17.5 Å². The fourth-order valence-corrected chi connectivity index (χ4v) is 8.79. The Labute approximate surface area is 343 Å². The number of likely N-dealkylation sites (tertiary alicyclic amines) is 2. The Hall–Kier alpha value is -5.06. The predicted octanol–water partition coefficient (Wildman–Crippen LogP) is 5.83. The summed E-state index contributed by atoms with van der Waals surface area (Å²) in [7, 11) is 1.37. The molecular weight excluding hydrogens is 754 g/mol. The molecule has 3 aliphatic rings. The molecule has 15 heteroatoms. The van der Waals surface area contributed by atoms with E-state index in [0.717, 1.165) is 60.0 Å². The van der Waals surface area contributed by atoms with Crippen LogP contribution in [0.5, 0.6) is 0 Å². The number of pyridine rings is 1. The van der Waals surface area contributed by atoms with E-state index < -0.39 is 23.8 Å². The number of rotatable bonds is 12. The van der Waals surface area contributed by atoms with Gasteiger partial charge in [-0.2, -0.15) is 0 Å². The maximum absolute atomic E-state index is 15.8. The summed E-state index contributed by atoms with van der Waals surface area (Å²) in [6.45, 7) is 7.78. The van der Waals surface area contributed by atoms with Crippen molar-refractivity contribution in [3.8, 4) is 33.8 Å². The quantitative estimate of drug-likeness (QED) is 0.0961. The van der Waals surface area contributed by atoms with Crippen molar-refractivity contribution in [2.75, 3.05) is 33.4 Å². The first-order valence-electron chi connectivity index (χ1n) is 20.7. The number of nitrogens with one attached hydrogen (secondary N) is 3. The number of imidazole rings is 2. The second kappa shape index (κ2) is 16.9. The number of ether oxygens (including phenoxy) is 2. The number of hydrogen-bond acceptors (Lipinski definition) is 10. The minimum atomic E-state index is -1.66. The van der Waals surface area contributed by atoms with Gasteiger partial charge in [-0.15, -0.1) is 0 Å². The summed E-state index contributed by atoms with van der Waals surface area (Å²) in [5.41, 5.74) is 10.4. The zero-order valence-electron chi connectivity index (χ0n) is 34.1. The third kappa shape index (κ3) is 8.39. The summed E-state index contributed by atoms with van der Waals surface area (Å²) in [6.07, 6.45) is 10.0. The van der Waals surface area contributed by atoms with Crippen molar-refractivity contribution >= 4 is 22.6 Å². The van der Waals surface area contributed by atoms with Crippen molar-refractivity contribution in [2.24, 2.45) is 17.6 Å². The van der Waals surface area contributed by atoms with E-state index in [4.69, 9.17) is 25.2 Å². The van der Waals surface area contributed by atoms with Crippen LogP contribution in [-0.2, 0) is 19.1 Å². The maximum Gasteiger partial charge on any atom is 0.240 e. The van der Waals surface area contributed by atoms with E-state index in [9.17, 15) is 14.7 Å². The second-order valence-electron chi connectivity index (χ2n) is 16.6. The first kappa shape index (κ1) is 40.7. The largest absolute Gasteiger partial charge is 0.381 e. The standard InChI is InChI=1S/C44H54FN9O5/c1-25(2)39(52-44(3,57)58-4)43(56)54-16-6-8-37(54)41-49-24-35(51-41)31-12-11-29(20-32(31)45)33-21-27-9-10-28(19-30(27)22-47-33)34-23-48-40(50-34)36-7-5-15-53(36)42(55)38(46)26-13-17-59-18-14-26/h9-12,19-26,36-39,52,57H,5-8,13-18,46H2,1-4H3,(H,48,50)(H,49,51)/t36-,37-,38-,39-,44?/m0/s1. The lowest BCUT2D eigenvalue weighted by Crippen LogP contribution is -2.57. The molecule has 1 unspecified atom stereocenters. The predicted molar refractivity (Wildman–Crippen MR) is 221 cm³/mol. The third-order valence-corrected chi connectivity index (χ3v) is 12.3. The minimum Gasteiger partial charge on any atom is -0.381 e. The van der Waals surface area contributed by atoms with Crippen molar-refractivity contribution in [2.45, 2.75) is 89.4 Å². The van der Waals surface area contributed by atoms with Gasteiger partial charge < -0.3 is 40.1 Å². The molecule has 3 aliphatic heterocycles. The summed E-state index contributed by atoms with van der Waals surface area (Å²) in [5.74, 6) is -0.902. The van der Waals surface area contributed by atoms with Crippen LogP contribution in [0.25, 0.3) is 44.5 Å². The van der Waals surface area contributed by atoms with E-state index >= 15 is 4.39 Å². The Bertz CT molecular complexity index is 2300. The summed E-state index contributed by atoms with van der Waals surface area (Å²) < 4.78 is 26.4. The second-order valence-corrected chi connectivity index (χ2v) is 16.6. The molecular formula is C44H54FN9O5. The van der Waals surface area contributed by atoms with Crippen LogP contribution in [0, 0.1) is 17.7 Å². The van der Waals surface area contributed by atoms with E-state index in [1.807, 2.05) is 55.3 Å². The summed E-state index contributed by atoms with van der Waals surface area (Å²) in [6, 6.07) is 11.4. The molecule has 14 nitrogen and oxygen atoms in total. The summed E-state index contributed by atoms with van der Waals surface area (Å²) >= 11 is 0. The molecule has 5 aromatic rings. The van der Waals surface area contributed by atoms with Crippen molar-refractivity contribution < 1.29 is 28.6 Å². The highest BCUT2D eigenvalue weighted by atomic mass is 19.1. The van der Waals surface area contributed by atoms with Crippen LogP contribution >= 0.6 is 0 Å². The van der Waals surface area contributed by atoms with E-state index in [-0.39, 0.29) is 35.7 Å². The summed E-state index contributed by atoms with van der Waals surface area (Å²) in [4.78, 5) is 51.6. The lowest BCUT2D eigenvalue weighted by Gasteiger charge is -2.34. The molecule has 59 heavy (non-hydrogen) atoms. The van der Waals surface area contributed by atoms with Gasteiger partial charge in [0.25, 0.3) is 0 Å². The molecule has 6 N–H and O–H groups in total. The highest BCUT2D eigenvalue weighted by Crippen LogP contribution is 2.36. The van der Waals surface area contributed by atoms with Gasteiger partial charge in [0.2, 0.25) is 17.7 Å². The Kier molecular flexibility index (Phi) is 11.7. The number of aliphatic hydroxyl groups is 1. The van der Waals surface area contributed by atoms with Crippen LogP contribution in [-0.4, -0.2) is 103 Å². The highest BCUT2D eigenvalue weighted by molar-refractivity contribution is 5.89. The highest BCUT2D eigenvalue weighted by Gasteiger charge is 2.40. The topological polar surface area (TPSA) is 188 Å². The van der Waals surface area contributed by atoms with Crippen LogP contribution in [0.2, 0.25) is 0 Å². The average molecular weight is 808 g/mol.